The zero-order valence-corrected chi connectivity index (χ0v) is 20.4. The van der Waals surface area contributed by atoms with Crippen LogP contribution in [0.25, 0.3) is 44.2 Å². The first-order valence-corrected chi connectivity index (χ1v) is 12.8. The molecule has 5 aromatic carbocycles. The van der Waals surface area contributed by atoms with Gasteiger partial charge >= 0.3 is 6.18 Å². The van der Waals surface area contributed by atoms with Crippen molar-refractivity contribution in [1.29, 1.82) is 0 Å². The van der Waals surface area contributed by atoms with Crippen molar-refractivity contribution in [2.24, 2.45) is 5.92 Å². The van der Waals surface area contributed by atoms with Crippen LogP contribution in [-0.2, 0) is 12.6 Å². The third-order valence-corrected chi connectivity index (χ3v) is 7.69. The van der Waals surface area contributed by atoms with E-state index < -0.39 is 11.7 Å². The van der Waals surface area contributed by atoms with Crippen LogP contribution in [0.5, 0.6) is 0 Å². The van der Waals surface area contributed by atoms with Gasteiger partial charge in [-0.25, -0.2) is 0 Å². The van der Waals surface area contributed by atoms with E-state index in [2.05, 4.69) is 60.7 Å². The summed E-state index contributed by atoms with van der Waals surface area (Å²) in [5, 5.41) is 2.64. The second kappa shape index (κ2) is 9.55. The third-order valence-electron chi connectivity index (χ3n) is 7.69. The molecule has 0 bridgehead atoms. The molecule has 0 atom stereocenters. The van der Waals surface area contributed by atoms with Gasteiger partial charge in [0, 0.05) is 0 Å². The Bertz CT molecular complexity index is 1540. The Hall–Kier alpha value is -3.85. The lowest BCUT2D eigenvalue weighted by Crippen LogP contribution is -2.13. The third kappa shape index (κ3) is 4.79. The molecule has 6 rings (SSSR count). The number of benzene rings is 5. The van der Waals surface area contributed by atoms with E-state index in [1.165, 1.54) is 58.9 Å². The van der Waals surface area contributed by atoms with Gasteiger partial charge in [0.2, 0.25) is 0 Å². The van der Waals surface area contributed by atoms with Gasteiger partial charge < -0.3 is 0 Å². The molecule has 0 heterocycles. The molecule has 1 fully saturated rings. The lowest BCUT2D eigenvalue weighted by molar-refractivity contribution is -0.137. The summed E-state index contributed by atoms with van der Waals surface area (Å²) in [6.07, 6.45) is 0.869. The highest BCUT2D eigenvalue weighted by atomic mass is 19.4. The first kappa shape index (κ1) is 23.5. The molecular weight excluding hydrogens is 465 g/mol. The van der Waals surface area contributed by atoms with Gasteiger partial charge in [-0.3, -0.25) is 0 Å². The summed E-state index contributed by atoms with van der Waals surface area (Å²) in [5.41, 5.74) is 6.66. The van der Waals surface area contributed by atoms with Crippen molar-refractivity contribution >= 4 is 10.8 Å². The monoisotopic (exact) mass is 492 g/mol. The van der Waals surface area contributed by atoms with Gasteiger partial charge in [-0.1, -0.05) is 116 Å². The van der Waals surface area contributed by atoms with Crippen LogP contribution < -0.4 is 0 Å². The zero-order chi connectivity index (χ0) is 25.4. The Balaban J connectivity index is 1.26. The summed E-state index contributed by atoms with van der Waals surface area (Å²) in [7, 11) is 0. The fraction of sp³-hybridized carbons (Fsp3) is 0.176. The Labute approximate surface area is 215 Å². The summed E-state index contributed by atoms with van der Waals surface area (Å²) in [6, 6.07) is 35.0. The minimum atomic E-state index is -4.35. The van der Waals surface area contributed by atoms with E-state index in [1.54, 1.807) is 6.07 Å². The van der Waals surface area contributed by atoms with Crippen molar-refractivity contribution in [3.05, 3.63) is 120 Å². The van der Waals surface area contributed by atoms with Gasteiger partial charge in [0.15, 0.2) is 0 Å². The maximum absolute atomic E-state index is 13.1. The lowest BCUT2D eigenvalue weighted by Gasteiger charge is -2.26. The molecule has 1 aliphatic carbocycles. The van der Waals surface area contributed by atoms with Gasteiger partial charge in [0.1, 0.15) is 0 Å². The maximum Gasteiger partial charge on any atom is 0.416 e. The molecule has 1 saturated carbocycles. The quantitative estimate of drug-likeness (QED) is 0.229. The molecule has 0 saturated heterocycles. The Morgan fingerprint density at radius 1 is 0.568 bits per heavy atom. The lowest BCUT2D eigenvalue weighted by atomic mass is 9.79. The van der Waals surface area contributed by atoms with Crippen molar-refractivity contribution < 1.29 is 13.2 Å². The highest BCUT2D eigenvalue weighted by molar-refractivity contribution is 5.98. The van der Waals surface area contributed by atoms with Gasteiger partial charge in [0.05, 0.1) is 5.56 Å². The van der Waals surface area contributed by atoms with E-state index in [-0.39, 0.29) is 0 Å². The molecule has 5 aromatic rings. The molecule has 0 radical (unpaired) electrons. The highest BCUT2D eigenvalue weighted by Crippen LogP contribution is 2.37. The first-order valence-electron chi connectivity index (χ1n) is 12.8. The number of hydrogen-bond donors (Lipinski definition) is 0. The van der Waals surface area contributed by atoms with Crippen molar-refractivity contribution in [1.82, 2.24) is 0 Å². The highest BCUT2D eigenvalue weighted by Gasteiger charge is 2.30. The zero-order valence-electron chi connectivity index (χ0n) is 20.4. The van der Waals surface area contributed by atoms with Crippen LogP contribution in [0, 0.1) is 5.92 Å². The van der Waals surface area contributed by atoms with E-state index in [4.69, 9.17) is 0 Å². The van der Waals surface area contributed by atoms with E-state index in [9.17, 15) is 13.2 Å². The molecule has 0 N–H and O–H groups in total. The Morgan fingerprint density at radius 3 is 1.76 bits per heavy atom. The number of hydrogen-bond acceptors (Lipinski definition) is 0. The van der Waals surface area contributed by atoms with Crippen LogP contribution >= 0.6 is 0 Å². The van der Waals surface area contributed by atoms with Gasteiger partial charge in [-0.2, -0.15) is 13.2 Å². The molecule has 1 aliphatic rings. The van der Waals surface area contributed by atoms with Crippen molar-refractivity contribution in [2.45, 2.75) is 31.9 Å². The van der Waals surface area contributed by atoms with E-state index in [1.807, 2.05) is 24.3 Å². The van der Waals surface area contributed by atoms with Gasteiger partial charge in [-0.15, -0.1) is 0 Å². The molecule has 37 heavy (non-hydrogen) atoms. The van der Waals surface area contributed by atoms with Crippen LogP contribution in [-0.4, -0.2) is 0 Å². The standard InChI is InChI=1S/C34H27F3/c35-34(36,37)30-8-4-7-28(22-30)26-13-11-24(12-14-26)25-15-17-27(18-16-25)32-20-19-29(21-23-5-3-6-23)31-9-1-2-10-33(31)32/h1-2,4,7-20,22-23H,3,5-6,21H2. The molecular formula is C34H27F3. The fourth-order valence-corrected chi connectivity index (χ4v) is 5.37. The van der Waals surface area contributed by atoms with Crippen LogP contribution in [0.2, 0.25) is 0 Å². The van der Waals surface area contributed by atoms with Crippen molar-refractivity contribution in [3.63, 3.8) is 0 Å². The molecule has 0 aromatic heterocycles. The molecule has 0 aliphatic heterocycles. The maximum atomic E-state index is 13.1. The molecule has 0 nitrogen and oxygen atoms in total. The second-order valence-corrected chi connectivity index (χ2v) is 10.1. The first-order chi connectivity index (χ1) is 18.0. The topological polar surface area (TPSA) is 0 Å². The fourth-order valence-electron chi connectivity index (χ4n) is 5.37. The Kier molecular flexibility index (Phi) is 6.08. The average Bonchev–Trinajstić information content (AvgIpc) is 2.90. The van der Waals surface area contributed by atoms with Crippen LogP contribution in [0.1, 0.15) is 30.4 Å². The number of rotatable bonds is 5. The van der Waals surface area contributed by atoms with Crippen LogP contribution in [0.3, 0.4) is 0 Å². The van der Waals surface area contributed by atoms with E-state index in [0.29, 0.717) is 5.56 Å². The predicted molar refractivity (Wildman–Crippen MR) is 146 cm³/mol. The number of halogens is 3. The number of fused-ring (bicyclic) bond motifs is 1. The summed E-state index contributed by atoms with van der Waals surface area (Å²) in [5.74, 6) is 0.827. The van der Waals surface area contributed by atoms with Gasteiger partial charge in [-0.05, 0) is 74.2 Å². The molecule has 0 spiro atoms. The molecule has 0 unspecified atom stereocenters. The second-order valence-electron chi connectivity index (χ2n) is 10.1. The summed E-state index contributed by atoms with van der Waals surface area (Å²) >= 11 is 0. The minimum Gasteiger partial charge on any atom is -0.166 e. The minimum absolute atomic E-state index is 0.560. The van der Waals surface area contributed by atoms with E-state index >= 15 is 0 Å². The smallest absolute Gasteiger partial charge is 0.166 e. The molecule has 0 amide bonds. The summed E-state index contributed by atoms with van der Waals surface area (Å²) in [4.78, 5) is 0. The van der Waals surface area contributed by atoms with Gasteiger partial charge in [0.25, 0.3) is 0 Å². The largest absolute Gasteiger partial charge is 0.416 e. The average molecular weight is 493 g/mol. The Morgan fingerprint density at radius 2 is 1.16 bits per heavy atom. The number of alkyl halides is 3. The van der Waals surface area contributed by atoms with E-state index in [0.717, 1.165) is 35.1 Å². The van der Waals surface area contributed by atoms with Crippen LogP contribution in [0.4, 0.5) is 13.2 Å². The summed E-state index contributed by atoms with van der Waals surface area (Å²) < 4.78 is 39.3. The van der Waals surface area contributed by atoms with Crippen LogP contribution in [0.15, 0.2) is 109 Å². The predicted octanol–water partition coefficient (Wildman–Crippen LogP) is 10.2. The SMILES string of the molecule is FC(F)(F)c1cccc(-c2ccc(-c3ccc(-c4ccc(CC5CCC5)c5ccccc45)cc3)cc2)c1. The normalized spacial score (nSPS) is 14.0. The summed E-state index contributed by atoms with van der Waals surface area (Å²) in [6.45, 7) is 0. The van der Waals surface area contributed by atoms with Crippen molar-refractivity contribution in [2.75, 3.05) is 0 Å². The molecule has 3 heteroatoms. The van der Waals surface area contributed by atoms with Crippen molar-refractivity contribution in [3.8, 4) is 33.4 Å². The molecule has 184 valence electrons.